The average Bonchev–Trinajstić information content (AvgIpc) is 2.75. The number of esters is 1. The van der Waals surface area contributed by atoms with Crippen LogP contribution in [0.5, 0.6) is 17.2 Å². The van der Waals surface area contributed by atoms with Crippen molar-refractivity contribution in [3.63, 3.8) is 0 Å². The molecular formula is C22H27BrN2O5. The normalized spacial score (nSPS) is 10.8. The molecule has 0 fully saturated rings. The maximum Gasteiger partial charge on any atom is 0.342 e. The minimum Gasteiger partial charge on any atom is -0.496 e. The monoisotopic (exact) mass is 478 g/mol. The lowest BCUT2D eigenvalue weighted by atomic mass is 10.1. The van der Waals surface area contributed by atoms with Crippen LogP contribution in [-0.2, 0) is 11.3 Å². The van der Waals surface area contributed by atoms with E-state index in [2.05, 4.69) is 20.9 Å². The Morgan fingerprint density at radius 2 is 1.67 bits per heavy atom. The van der Waals surface area contributed by atoms with Gasteiger partial charge in [-0.15, -0.1) is 0 Å². The van der Waals surface area contributed by atoms with Crippen LogP contribution in [0.1, 0.15) is 28.4 Å². The topological polar surface area (TPSA) is 69.6 Å². The van der Waals surface area contributed by atoms with Gasteiger partial charge in [0.05, 0.1) is 38.9 Å². The molecule has 0 aromatic heterocycles. The second-order valence-electron chi connectivity index (χ2n) is 6.55. The molecule has 7 nitrogen and oxygen atoms in total. The molecule has 162 valence electrons. The van der Waals surface area contributed by atoms with Gasteiger partial charge in [-0.25, -0.2) is 9.79 Å². The molecule has 0 aliphatic rings. The van der Waals surface area contributed by atoms with Gasteiger partial charge in [-0.1, -0.05) is 0 Å². The smallest absolute Gasteiger partial charge is 0.342 e. The van der Waals surface area contributed by atoms with Gasteiger partial charge in [0.15, 0.2) is 0 Å². The first kappa shape index (κ1) is 23.5. The number of aliphatic imine (C=N–C) groups is 1. The fourth-order valence-electron chi connectivity index (χ4n) is 2.69. The summed E-state index contributed by atoms with van der Waals surface area (Å²) >= 11 is 3.46. The Hall–Kier alpha value is -2.74. The van der Waals surface area contributed by atoms with E-state index in [4.69, 9.17) is 18.9 Å². The van der Waals surface area contributed by atoms with Crippen molar-refractivity contribution in [1.82, 2.24) is 4.90 Å². The van der Waals surface area contributed by atoms with Crippen LogP contribution in [0.2, 0.25) is 0 Å². The molecule has 0 spiro atoms. The summed E-state index contributed by atoms with van der Waals surface area (Å²) in [6.45, 7) is 4.78. The predicted octanol–water partition coefficient (Wildman–Crippen LogP) is 4.75. The summed E-state index contributed by atoms with van der Waals surface area (Å²) in [5, 5.41) is 0. The van der Waals surface area contributed by atoms with E-state index in [-0.39, 0.29) is 12.2 Å². The lowest BCUT2D eigenvalue weighted by molar-refractivity contribution is 0.0464. The molecule has 0 aliphatic heterocycles. The summed E-state index contributed by atoms with van der Waals surface area (Å²) in [6.07, 6.45) is 1.72. The van der Waals surface area contributed by atoms with Gasteiger partial charge >= 0.3 is 5.97 Å². The molecule has 0 heterocycles. The highest BCUT2D eigenvalue weighted by atomic mass is 79.9. The van der Waals surface area contributed by atoms with E-state index in [9.17, 15) is 4.79 Å². The zero-order valence-electron chi connectivity index (χ0n) is 18.1. The van der Waals surface area contributed by atoms with Crippen LogP contribution in [0.15, 0.2) is 33.7 Å². The Morgan fingerprint density at radius 1 is 1.07 bits per heavy atom. The van der Waals surface area contributed by atoms with Gasteiger partial charge in [-0.05, 0) is 53.5 Å². The highest BCUT2D eigenvalue weighted by molar-refractivity contribution is 9.10. The quantitative estimate of drug-likeness (QED) is 0.294. The number of hydrogen-bond acceptors (Lipinski definition) is 6. The molecule has 0 saturated carbocycles. The molecule has 0 N–H and O–H groups in total. The van der Waals surface area contributed by atoms with E-state index in [1.54, 1.807) is 32.7 Å². The molecule has 0 amide bonds. The molecule has 0 saturated heterocycles. The number of halogens is 1. The number of nitrogens with zero attached hydrogens (tertiary/aromatic N) is 2. The number of rotatable bonds is 9. The van der Waals surface area contributed by atoms with Crippen LogP contribution < -0.4 is 14.2 Å². The Bertz CT molecular complexity index is 905. The number of carbonyl (C=O) groups excluding carboxylic acids is 1. The third-order valence-corrected chi connectivity index (χ3v) is 5.12. The molecule has 0 aliphatic carbocycles. The summed E-state index contributed by atoms with van der Waals surface area (Å²) < 4.78 is 22.4. The third kappa shape index (κ3) is 5.66. The van der Waals surface area contributed by atoms with Crippen LogP contribution in [0.3, 0.4) is 0 Å². The molecule has 0 atom stereocenters. The van der Waals surface area contributed by atoms with E-state index in [0.29, 0.717) is 33.0 Å². The van der Waals surface area contributed by atoms with Crippen LogP contribution >= 0.6 is 15.9 Å². The molecule has 30 heavy (non-hydrogen) atoms. The second kappa shape index (κ2) is 10.9. The fourth-order valence-corrected chi connectivity index (χ4v) is 3.13. The summed E-state index contributed by atoms with van der Waals surface area (Å²) in [5.74, 6) is 1.03. The van der Waals surface area contributed by atoms with Gasteiger partial charge in [0.25, 0.3) is 0 Å². The van der Waals surface area contributed by atoms with Crippen LogP contribution in [0, 0.1) is 6.92 Å². The number of aryl methyl sites for hydroxylation is 1. The first-order valence-corrected chi connectivity index (χ1v) is 10.1. The maximum atomic E-state index is 12.8. The van der Waals surface area contributed by atoms with E-state index < -0.39 is 5.97 Å². The van der Waals surface area contributed by atoms with Crippen molar-refractivity contribution in [3.05, 3.63) is 45.4 Å². The number of ether oxygens (including phenoxy) is 4. The summed E-state index contributed by atoms with van der Waals surface area (Å²) in [5.41, 5.74) is 2.57. The zero-order chi connectivity index (χ0) is 22.3. The fraction of sp³-hybridized carbons (Fsp3) is 0.364. The number of methoxy groups -OCH3 is 3. The lowest BCUT2D eigenvalue weighted by Crippen LogP contribution is -2.14. The lowest BCUT2D eigenvalue weighted by Gasteiger charge is -2.15. The average molecular weight is 479 g/mol. The summed E-state index contributed by atoms with van der Waals surface area (Å²) in [6, 6.07) is 7.06. The summed E-state index contributed by atoms with van der Waals surface area (Å²) in [7, 11) is 6.55. The largest absolute Gasteiger partial charge is 0.496 e. The van der Waals surface area contributed by atoms with Gasteiger partial charge in [0.2, 0.25) is 0 Å². The Labute approximate surface area is 185 Å². The van der Waals surface area contributed by atoms with Crippen molar-refractivity contribution in [2.24, 2.45) is 4.99 Å². The van der Waals surface area contributed by atoms with Gasteiger partial charge in [0, 0.05) is 24.1 Å². The highest BCUT2D eigenvalue weighted by Gasteiger charge is 2.19. The molecule has 2 aromatic carbocycles. The van der Waals surface area contributed by atoms with E-state index in [1.807, 2.05) is 37.9 Å². The Kier molecular flexibility index (Phi) is 8.53. The van der Waals surface area contributed by atoms with Crippen molar-refractivity contribution in [2.75, 3.05) is 34.9 Å². The molecule has 2 rings (SSSR count). The van der Waals surface area contributed by atoms with Gasteiger partial charge < -0.3 is 23.8 Å². The molecule has 8 heteroatoms. The van der Waals surface area contributed by atoms with Crippen molar-refractivity contribution < 1.29 is 23.7 Å². The van der Waals surface area contributed by atoms with Gasteiger partial charge in [-0.3, -0.25) is 0 Å². The zero-order valence-corrected chi connectivity index (χ0v) is 19.7. The molecule has 2 aromatic rings. The number of benzene rings is 2. The Morgan fingerprint density at radius 3 is 2.20 bits per heavy atom. The maximum absolute atomic E-state index is 12.8. The van der Waals surface area contributed by atoms with Crippen LogP contribution in [0.25, 0.3) is 0 Å². The Balaban J connectivity index is 2.28. The number of carbonyl (C=O) groups is 1. The molecular weight excluding hydrogens is 452 g/mol. The van der Waals surface area contributed by atoms with Gasteiger partial charge in [0.1, 0.15) is 29.4 Å². The van der Waals surface area contributed by atoms with Crippen molar-refractivity contribution >= 4 is 33.9 Å². The predicted molar refractivity (Wildman–Crippen MR) is 121 cm³/mol. The summed E-state index contributed by atoms with van der Waals surface area (Å²) in [4.78, 5) is 19.1. The van der Waals surface area contributed by atoms with E-state index in [1.165, 1.54) is 7.11 Å². The van der Waals surface area contributed by atoms with Crippen molar-refractivity contribution in [3.8, 4) is 17.2 Å². The van der Waals surface area contributed by atoms with Crippen molar-refractivity contribution in [2.45, 2.75) is 20.5 Å². The minimum atomic E-state index is -0.529. The van der Waals surface area contributed by atoms with Gasteiger partial charge in [-0.2, -0.15) is 0 Å². The standard InChI is InChI=1S/C22H27BrN2O5/c1-7-25(3)13-24-18-11-21(29-6)15(10-17(18)23)22(26)30-12-16-19(27-4)8-14(2)9-20(16)28-5/h8-11,13H,7,12H2,1-6H3/b24-13+. The van der Waals surface area contributed by atoms with Crippen molar-refractivity contribution in [1.29, 1.82) is 0 Å². The first-order chi connectivity index (χ1) is 14.3. The SMILES string of the molecule is CCN(C)/C=N/c1cc(OC)c(C(=O)OCc2c(OC)cc(C)cc2OC)cc1Br. The van der Waals surface area contributed by atoms with E-state index in [0.717, 1.165) is 12.1 Å². The molecule has 0 unspecified atom stereocenters. The van der Waals surface area contributed by atoms with E-state index >= 15 is 0 Å². The first-order valence-electron chi connectivity index (χ1n) is 9.35. The second-order valence-corrected chi connectivity index (χ2v) is 7.40. The third-order valence-electron chi connectivity index (χ3n) is 4.48. The number of hydrogen-bond donors (Lipinski definition) is 0. The molecule has 0 bridgehead atoms. The highest BCUT2D eigenvalue weighted by Crippen LogP contribution is 2.35. The van der Waals surface area contributed by atoms with Crippen LogP contribution in [-0.4, -0.2) is 52.1 Å². The molecule has 0 radical (unpaired) electrons. The van der Waals surface area contributed by atoms with Crippen LogP contribution in [0.4, 0.5) is 5.69 Å². The minimum absolute atomic E-state index is 0.00652.